The first-order chi connectivity index (χ1) is 7.29. The molecule has 0 spiro atoms. The molecule has 1 aromatic carbocycles. The second kappa shape index (κ2) is 4.63. The van der Waals surface area contributed by atoms with Crippen molar-refractivity contribution in [3.63, 3.8) is 0 Å². The molecule has 1 nitrogen and oxygen atoms in total. The van der Waals surface area contributed by atoms with Gasteiger partial charge in [-0.2, -0.15) is 0 Å². The highest BCUT2D eigenvalue weighted by Gasteiger charge is 2.09. The summed E-state index contributed by atoms with van der Waals surface area (Å²) in [5, 5.41) is 3.43. The highest BCUT2D eigenvalue weighted by Crippen LogP contribution is 2.22. The van der Waals surface area contributed by atoms with Crippen molar-refractivity contribution < 1.29 is 0 Å². The largest absolute Gasteiger partial charge is 0.310 e. The van der Waals surface area contributed by atoms with Gasteiger partial charge in [-0.25, -0.2) is 0 Å². The Morgan fingerprint density at radius 1 is 1.40 bits per heavy atom. The SMILES string of the molecule is CCc1cccc(C2=CC(C)NCC2)c1. The van der Waals surface area contributed by atoms with Gasteiger partial charge in [-0.3, -0.25) is 0 Å². The number of benzene rings is 1. The molecule has 1 N–H and O–H groups in total. The van der Waals surface area contributed by atoms with Crippen molar-refractivity contribution in [3.05, 3.63) is 41.5 Å². The van der Waals surface area contributed by atoms with Crippen molar-refractivity contribution in [3.8, 4) is 0 Å². The van der Waals surface area contributed by atoms with E-state index in [1.54, 1.807) is 0 Å². The molecule has 0 amide bonds. The fraction of sp³-hybridized carbons (Fsp3) is 0.429. The van der Waals surface area contributed by atoms with Crippen LogP contribution in [0.3, 0.4) is 0 Å². The first-order valence-electron chi connectivity index (χ1n) is 5.83. The minimum absolute atomic E-state index is 0.513. The summed E-state index contributed by atoms with van der Waals surface area (Å²) in [7, 11) is 0. The van der Waals surface area contributed by atoms with Gasteiger partial charge in [0.1, 0.15) is 0 Å². The van der Waals surface area contributed by atoms with Crippen molar-refractivity contribution >= 4 is 5.57 Å². The summed E-state index contributed by atoms with van der Waals surface area (Å²) in [6.45, 7) is 5.52. The van der Waals surface area contributed by atoms with Crippen molar-refractivity contribution in [2.45, 2.75) is 32.7 Å². The summed E-state index contributed by atoms with van der Waals surface area (Å²) in [6.07, 6.45) is 4.62. The molecule has 0 bridgehead atoms. The maximum absolute atomic E-state index is 3.43. The van der Waals surface area contributed by atoms with Crippen LogP contribution in [0.25, 0.3) is 5.57 Å². The Morgan fingerprint density at radius 2 is 2.27 bits per heavy atom. The zero-order valence-corrected chi connectivity index (χ0v) is 9.59. The molecule has 1 aliphatic rings. The van der Waals surface area contributed by atoms with Gasteiger partial charge in [-0.15, -0.1) is 0 Å². The van der Waals surface area contributed by atoms with E-state index in [2.05, 4.69) is 49.5 Å². The van der Waals surface area contributed by atoms with Crippen LogP contribution < -0.4 is 5.32 Å². The standard InChI is InChI=1S/C14H19N/c1-3-12-5-4-6-13(10-12)14-7-8-15-11(2)9-14/h4-6,9-11,15H,3,7-8H2,1-2H3. The molecular formula is C14H19N. The quantitative estimate of drug-likeness (QED) is 0.775. The Balaban J connectivity index is 2.28. The van der Waals surface area contributed by atoms with Crippen molar-refractivity contribution in [1.29, 1.82) is 0 Å². The number of aryl methyl sites for hydroxylation is 1. The van der Waals surface area contributed by atoms with Crippen LogP contribution in [0.15, 0.2) is 30.3 Å². The zero-order valence-electron chi connectivity index (χ0n) is 9.59. The minimum Gasteiger partial charge on any atom is -0.310 e. The average Bonchev–Trinajstić information content (AvgIpc) is 2.29. The molecule has 0 aliphatic carbocycles. The van der Waals surface area contributed by atoms with Crippen LogP contribution in [0, 0.1) is 0 Å². The lowest BCUT2D eigenvalue weighted by atomic mass is 9.96. The molecular weight excluding hydrogens is 182 g/mol. The molecule has 1 aromatic rings. The number of hydrogen-bond donors (Lipinski definition) is 1. The third-order valence-electron chi connectivity index (χ3n) is 3.02. The summed E-state index contributed by atoms with van der Waals surface area (Å²) in [5.41, 5.74) is 4.33. The highest BCUT2D eigenvalue weighted by atomic mass is 14.9. The van der Waals surface area contributed by atoms with Gasteiger partial charge in [0.25, 0.3) is 0 Å². The molecule has 15 heavy (non-hydrogen) atoms. The Kier molecular flexibility index (Phi) is 3.22. The fourth-order valence-corrected chi connectivity index (χ4v) is 2.11. The van der Waals surface area contributed by atoms with Gasteiger partial charge in [0.05, 0.1) is 0 Å². The second-order valence-corrected chi connectivity index (χ2v) is 4.24. The van der Waals surface area contributed by atoms with E-state index in [9.17, 15) is 0 Å². The minimum atomic E-state index is 0.513. The van der Waals surface area contributed by atoms with Gasteiger partial charge >= 0.3 is 0 Å². The van der Waals surface area contributed by atoms with Crippen LogP contribution in [0.2, 0.25) is 0 Å². The van der Waals surface area contributed by atoms with Crippen LogP contribution in [0.1, 0.15) is 31.4 Å². The lowest BCUT2D eigenvalue weighted by molar-refractivity contribution is 0.620. The van der Waals surface area contributed by atoms with Gasteiger partial charge in [0.15, 0.2) is 0 Å². The zero-order chi connectivity index (χ0) is 10.7. The lowest BCUT2D eigenvalue weighted by Gasteiger charge is -2.20. The van der Waals surface area contributed by atoms with Crippen LogP contribution in [-0.4, -0.2) is 12.6 Å². The predicted molar refractivity (Wildman–Crippen MR) is 65.9 cm³/mol. The Hall–Kier alpha value is -1.08. The lowest BCUT2D eigenvalue weighted by Crippen LogP contribution is -2.29. The third-order valence-corrected chi connectivity index (χ3v) is 3.02. The van der Waals surface area contributed by atoms with Crippen molar-refractivity contribution in [2.75, 3.05) is 6.54 Å². The van der Waals surface area contributed by atoms with E-state index in [1.165, 1.54) is 16.7 Å². The van der Waals surface area contributed by atoms with Gasteiger partial charge in [0, 0.05) is 6.04 Å². The van der Waals surface area contributed by atoms with Crippen LogP contribution >= 0.6 is 0 Å². The molecule has 1 unspecified atom stereocenters. The molecule has 0 saturated carbocycles. The molecule has 80 valence electrons. The van der Waals surface area contributed by atoms with Crippen LogP contribution in [0.4, 0.5) is 0 Å². The second-order valence-electron chi connectivity index (χ2n) is 4.24. The highest BCUT2D eigenvalue weighted by molar-refractivity contribution is 5.67. The number of hydrogen-bond acceptors (Lipinski definition) is 1. The van der Waals surface area contributed by atoms with Crippen LogP contribution in [-0.2, 0) is 6.42 Å². The summed E-state index contributed by atoms with van der Waals surface area (Å²) >= 11 is 0. The first kappa shape index (κ1) is 10.4. The van der Waals surface area contributed by atoms with Crippen molar-refractivity contribution in [1.82, 2.24) is 5.32 Å². The normalized spacial score (nSPS) is 21.2. The van der Waals surface area contributed by atoms with E-state index in [-0.39, 0.29) is 0 Å². The monoisotopic (exact) mass is 201 g/mol. The number of rotatable bonds is 2. The Morgan fingerprint density at radius 3 is 3.00 bits per heavy atom. The Labute approximate surface area is 92.2 Å². The molecule has 0 saturated heterocycles. The maximum Gasteiger partial charge on any atom is 0.0227 e. The predicted octanol–water partition coefficient (Wildman–Crippen LogP) is 3.01. The molecule has 1 heterocycles. The smallest absolute Gasteiger partial charge is 0.0227 e. The molecule has 2 rings (SSSR count). The van der Waals surface area contributed by atoms with E-state index in [1.807, 2.05) is 0 Å². The van der Waals surface area contributed by atoms with E-state index >= 15 is 0 Å². The van der Waals surface area contributed by atoms with Gasteiger partial charge < -0.3 is 5.32 Å². The van der Waals surface area contributed by atoms with E-state index in [4.69, 9.17) is 0 Å². The molecule has 1 atom stereocenters. The molecule has 1 aliphatic heterocycles. The number of nitrogens with one attached hydrogen (secondary N) is 1. The van der Waals surface area contributed by atoms with E-state index < -0.39 is 0 Å². The van der Waals surface area contributed by atoms with Crippen LogP contribution in [0.5, 0.6) is 0 Å². The summed E-state index contributed by atoms with van der Waals surface area (Å²) in [4.78, 5) is 0. The molecule has 0 fully saturated rings. The van der Waals surface area contributed by atoms with Gasteiger partial charge in [-0.1, -0.05) is 37.3 Å². The van der Waals surface area contributed by atoms with E-state index in [0.29, 0.717) is 6.04 Å². The molecule has 0 radical (unpaired) electrons. The summed E-state index contributed by atoms with van der Waals surface area (Å²) < 4.78 is 0. The third kappa shape index (κ3) is 2.48. The van der Waals surface area contributed by atoms with Crippen molar-refractivity contribution in [2.24, 2.45) is 0 Å². The average molecular weight is 201 g/mol. The summed E-state index contributed by atoms with van der Waals surface area (Å²) in [5.74, 6) is 0. The van der Waals surface area contributed by atoms with Gasteiger partial charge in [-0.05, 0) is 43.0 Å². The van der Waals surface area contributed by atoms with Gasteiger partial charge in [0.2, 0.25) is 0 Å². The topological polar surface area (TPSA) is 12.0 Å². The van der Waals surface area contributed by atoms with E-state index in [0.717, 1.165) is 19.4 Å². The summed E-state index contributed by atoms with van der Waals surface area (Å²) in [6, 6.07) is 9.43. The first-order valence-corrected chi connectivity index (χ1v) is 5.83. The molecule has 1 heteroatoms. The maximum atomic E-state index is 3.43. The fourth-order valence-electron chi connectivity index (χ4n) is 2.11. The molecule has 0 aromatic heterocycles. The Bertz CT molecular complexity index is 365.